The van der Waals surface area contributed by atoms with Crippen LogP contribution in [0, 0.1) is 0 Å². The highest BCUT2D eigenvalue weighted by Crippen LogP contribution is 2.30. The minimum atomic E-state index is -0.00430. The molecule has 1 aromatic heterocycles. The molecule has 0 aliphatic heterocycles. The third-order valence-corrected chi connectivity index (χ3v) is 4.68. The summed E-state index contributed by atoms with van der Waals surface area (Å²) in [7, 11) is 0. The molecule has 0 amide bonds. The molecule has 2 atom stereocenters. The van der Waals surface area contributed by atoms with Crippen molar-refractivity contribution in [2.45, 2.75) is 38.3 Å². The van der Waals surface area contributed by atoms with E-state index in [-0.39, 0.29) is 11.6 Å². The first-order chi connectivity index (χ1) is 10.1. The Kier molecular flexibility index (Phi) is 4.27. The lowest BCUT2D eigenvalue weighted by atomic mass is 9.90. The lowest BCUT2D eigenvalue weighted by molar-refractivity contribution is 0.411. The number of fused-ring (bicyclic) bond motifs is 1. The monoisotopic (exact) mass is 346 g/mol. The number of halogens is 1. The maximum absolute atomic E-state index is 11.4. The van der Waals surface area contributed by atoms with Crippen LogP contribution in [0.3, 0.4) is 0 Å². The van der Waals surface area contributed by atoms with Gasteiger partial charge in [0.2, 0.25) is 5.56 Å². The van der Waals surface area contributed by atoms with E-state index in [2.05, 4.69) is 57.4 Å². The number of H-pyrrole nitrogens is 1. The van der Waals surface area contributed by atoms with Crippen LogP contribution in [-0.4, -0.2) is 4.98 Å². The van der Waals surface area contributed by atoms with Crippen LogP contribution in [0.25, 0.3) is 0 Å². The molecule has 2 aromatic rings. The lowest BCUT2D eigenvalue weighted by Gasteiger charge is -2.29. The second-order valence-corrected chi connectivity index (χ2v) is 6.56. The molecule has 3 nitrogen and oxygen atoms in total. The highest BCUT2D eigenvalue weighted by Gasteiger charge is 2.22. The first kappa shape index (κ1) is 14.5. The van der Waals surface area contributed by atoms with Crippen molar-refractivity contribution in [2.75, 3.05) is 0 Å². The van der Waals surface area contributed by atoms with Crippen molar-refractivity contribution in [2.24, 2.45) is 0 Å². The van der Waals surface area contributed by atoms with Crippen LogP contribution in [0.15, 0.2) is 45.7 Å². The highest BCUT2D eigenvalue weighted by atomic mass is 79.9. The second-order valence-electron chi connectivity index (χ2n) is 5.64. The molecule has 0 bridgehead atoms. The topological polar surface area (TPSA) is 44.9 Å². The molecular formula is C17H19BrN2O. The van der Waals surface area contributed by atoms with Crippen molar-refractivity contribution < 1.29 is 0 Å². The normalized spacial score (nSPS) is 19.0. The first-order valence-electron chi connectivity index (χ1n) is 7.37. The maximum atomic E-state index is 11.4. The molecule has 0 radical (unpaired) electrons. The summed E-state index contributed by atoms with van der Waals surface area (Å²) < 4.78 is 1.10. The van der Waals surface area contributed by atoms with Crippen molar-refractivity contribution in [1.29, 1.82) is 0 Å². The molecule has 0 spiro atoms. The molecule has 110 valence electrons. The van der Waals surface area contributed by atoms with Gasteiger partial charge in [0.15, 0.2) is 0 Å². The number of rotatable bonds is 3. The molecule has 1 unspecified atom stereocenters. The average Bonchev–Trinajstić information content (AvgIpc) is 2.47. The zero-order valence-corrected chi connectivity index (χ0v) is 13.6. The summed E-state index contributed by atoms with van der Waals surface area (Å²) in [4.78, 5) is 14.4. The standard InChI is InChI=1S/C17H19BrN2O/c1-11(12-5-7-13(18)8-6-12)19-15-3-2-4-16-14(15)9-10-17(21)20-16/h5-11,15,19H,2-4H2,1H3,(H,20,21)/t11-,15?/m0/s1. The molecule has 1 aliphatic rings. The van der Waals surface area contributed by atoms with Gasteiger partial charge in [-0.1, -0.05) is 34.1 Å². The van der Waals surface area contributed by atoms with Crippen LogP contribution in [0.1, 0.15) is 48.7 Å². The summed E-state index contributed by atoms with van der Waals surface area (Å²) in [6.45, 7) is 2.18. The smallest absolute Gasteiger partial charge is 0.248 e. The van der Waals surface area contributed by atoms with Crippen molar-refractivity contribution >= 4 is 15.9 Å². The number of aryl methyl sites for hydroxylation is 1. The van der Waals surface area contributed by atoms with Gasteiger partial charge in [-0.2, -0.15) is 0 Å². The van der Waals surface area contributed by atoms with Gasteiger partial charge in [-0.3, -0.25) is 4.79 Å². The van der Waals surface area contributed by atoms with Gasteiger partial charge >= 0.3 is 0 Å². The Morgan fingerprint density at radius 1 is 1.24 bits per heavy atom. The molecule has 2 N–H and O–H groups in total. The first-order valence-corrected chi connectivity index (χ1v) is 8.16. The number of hydrogen-bond donors (Lipinski definition) is 2. The van der Waals surface area contributed by atoms with E-state index in [1.165, 1.54) is 11.1 Å². The predicted molar refractivity (Wildman–Crippen MR) is 88.4 cm³/mol. The van der Waals surface area contributed by atoms with Gasteiger partial charge in [-0.15, -0.1) is 0 Å². The lowest BCUT2D eigenvalue weighted by Crippen LogP contribution is -2.29. The number of hydrogen-bond acceptors (Lipinski definition) is 2. The van der Waals surface area contributed by atoms with Crippen molar-refractivity contribution in [3.8, 4) is 0 Å². The summed E-state index contributed by atoms with van der Waals surface area (Å²) >= 11 is 3.47. The van der Waals surface area contributed by atoms with Gasteiger partial charge in [0, 0.05) is 28.3 Å². The van der Waals surface area contributed by atoms with E-state index >= 15 is 0 Å². The second kappa shape index (κ2) is 6.16. The fraction of sp³-hybridized carbons (Fsp3) is 0.353. The van der Waals surface area contributed by atoms with E-state index in [9.17, 15) is 4.79 Å². The van der Waals surface area contributed by atoms with Gasteiger partial charge in [0.1, 0.15) is 0 Å². The molecule has 4 heteroatoms. The molecule has 21 heavy (non-hydrogen) atoms. The number of aromatic nitrogens is 1. The van der Waals surface area contributed by atoms with Gasteiger partial charge in [-0.05, 0) is 49.4 Å². The van der Waals surface area contributed by atoms with Crippen molar-refractivity contribution in [1.82, 2.24) is 10.3 Å². The maximum Gasteiger partial charge on any atom is 0.248 e. The Balaban J connectivity index is 1.80. The van der Waals surface area contributed by atoms with E-state index < -0.39 is 0 Å². The van der Waals surface area contributed by atoms with E-state index in [0.29, 0.717) is 6.04 Å². The van der Waals surface area contributed by atoms with E-state index in [1.807, 2.05) is 6.07 Å². The summed E-state index contributed by atoms with van der Waals surface area (Å²) in [5.74, 6) is 0. The Morgan fingerprint density at radius 3 is 2.76 bits per heavy atom. The molecule has 1 aliphatic carbocycles. The molecule has 0 saturated carbocycles. The zero-order valence-electron chi connectivity index (χ0n) is 12.0. The van der Waals surface area contributed by atoms with Gasteiger partial charge in [0.25, 0.3) is 0 Å². The number of aromatic amines is 1. The van der Waals surface area contributed by atoms with E-state index in [1.54, 1.807) is 6.07 Å². The highest BCUT2D eigenvalue weighted by molar-refractivity contribution is 9.10. The molecule has 1 aromatic carbocycles. The molecule has 0 fully saturated rings. The number of benzene rings is 1. The van der Waals surface area contributed by atoms with Gasteiger partial charge in [0.05, 0.1) is 0 Å². The third-order valence-electron chi connectivity index (χ3n) is 4.15. The fourth-order valence-corrected chi connectivity index (χ4v) is 3.29. The molecule has 1 heterocycles. The Bertz CT molecular complexity index is 678. The molecule has 3 rings (SSSR count). The van der Waals surface area contributed by atoms with Crippen molar-refractivity contribution in [3.63, 3.8) is 0 Å². The Labute approximate surface area is 132 Å². The Morgan fingerprint density at radius 2 is 2.00 bits per heavy atom. The van der Waals surface area contributed by atoms with Crippen LogP contribution in [0.5, 0.6) is 0 Å². The predicted octanol–water partition coefficient (Wildman–Crippen LogP) is 3.87. The number of pyridine rings is 1. The van der Waals surface area contributed by atoms with Crippen LogP contribution in [0.4, 0.5) is 0 Å². The Hall–Kier alpha value is -1.39. The molecule has 0 saturated heterocycles. The van der Waals surface area contributed by atoms with E-state index in [0.717, 1.165) is 29.4 Å². The van der Waals surface area contributed by atoms with Crippen LogP contribution in [0.2, 0.25) is 0 Å². The van der Waals surface area contributed by atoms with Crippen LogP contribution < -0.4 is 10.9 Å². The number of nitrogens with one attached hydrogen (secondary N) is 2. The van der Waals surface area contributed by atoms with E-state index in [4.69, 9.17) is 0 Å². The summed E-state index contributed by atoms with van der Waals surface area (Å²) in [5, 5.41) is 3.69. The molecular weight excluding hydrogens is 328 g/mol. The van der Waals surface area contributed by atoms with Crippen LogP contribution >= 0.6 is 15.9 Å². The van der Waals surface area contributed by atoms with Gasteiger partial charge in [-0.25, -0.2) is 0 Å². The largest absolute Gasteiger partial charge is 0.326 e. The third kappa shape index (κ3) is 3.27. The SMILES string of the molecule is C[C@H](NC1CCCc2[nH]c(=O)ccc21)c1ccc(Br)cc1. The summed E-state index contributed by atoms with van der Waals surface area (Å²) in [5.41, 5.74) is 3.60. The fourth-order valence-electron chi connectivity index (χ4n) is 3.02. The van der Waals surface area contributed by atoms with Gasteiger partial charge < -0.3 is 10.3 Å². The summed E-state index contributed by atoms with van der Waals surface area (Å²) in [6, 6.07) is 12.6. The quantitative estimate of drug-likeness (QED) is 0.885. The van der Waals surface area contributed by atoms with Crippen LogP contribution in [-0.2, 0) is 6.42 Å². The minimum Gasteiger partial charge on any atom is -0.326 e. The summed E-state index contributed by atoms with van der Waals surface area (Å²) in [6.07, 6.45) is 3.19. The van der Waals surface area contributed by atoms with Crippen molar-refractivity contribution in [3.05, 3.63) is 68.0 Å². The average molecular weight is 347 g/mol. The minimum absolute atomic E-state index is 0.00430. The zero-order chi connectivity index (χ0) is 14.8.